The fourth-order valence-corrected chi connectivity index (χ4v) is 3.76. The van der Waals surface area contributed by atoms with E-state index in [1.54, 1.807) is 13.8 Å². The maximum Gasteiger partial charge on any atom is 0.335 e. The predicted octanol–water partition coefficient (Wildman–Crippen LogP) is 2.29. The molecule has 0 amide bonds. The lowest BCUT2D eigenvalue weighted by molar-refractivity contribution is 0.0696. The van der Waals surface area contributed by atoms with E-state index in [-0.39, 0.29) is 20.7 Å². The minimum atomic E-state index is -3.87. The van der Waals surface area contributed by atoms with Gasteiger partial charge in [-0.05, 0) is 48.0 Å². The topological polar surface area (TPSA) is 112 Å². The highest BCUT2D eigenvalue weighted by Crippen LogP contribution is 2.26. The molecule has 2 aromatic rings. The van der Waals surface area contributed by atoms with E-state index in [0.29, 0.717) is 5.56 Å². The number of hydrogen-bond acceptors (Lipinski definition) is 4. The molecule has 3 N–H and O–H groups in total. The zero-order valence-corrected chi connectivity index (χ0v) is 13.5. The number of rotatable bonds is 4. The van der Waals surface area contributed by atoms with Gasteiger partial charge >= 0.3 is 5.97 Å². The van der Waals surface area contributed by atoms with E-state index in [0.717, 1.165) is 5.69 Å². The van der Waals surface area contributed by atoms with Crippen molar-refractivity contribution in [3.8, 4) is 0 Å². The average molecular weight is 374 g/mol. The van der Waals surface area contributed by atoms with Crippen molar-refractivity contribution in [2.24, 2.45) is 0 Å². The van der Waals surface area contributed by atoms with Crippen LogP contribution in [0, 0.1) is 13.8 Å². The van der Waals surface area contributed by atoms with E-state index in [2.05, 4.69) is 30.8 Å². The van der Waals surface area contributed by atoms with Gasteiger partial charge in [-0.15, -0.1) is 0 Å². The number of nitrogens with one attached hydrogen (secondary N) is 2. The van der Waals surface area contributed by atoms with Crippen LogP contribution in [0.15, 0.2) is 27.6 Å². The van der Waals surface area contributed by atoms with Crippen LogP contribution < -0.4 is 4.72 Å². The molecule has 1 aromatic heterocycles. The number of aromatic amines is 1. The van der Waals surface area contributed by atoms with Crippen molar-refractivity contribution in [3.05, 3.63) is 39.5 Å². The summed E-state index contributed by atoms with van der Waals surface area (Å²) in [4.78, 5) is 10.8. The molecule has 0 aliphatic rings. The Kier molecular flexibility index (Phi) is 4.06. The van der Waals surface area contributed by atoms with Crippen molar-refractivity contribution in [1.82, 2.24) is 10.2 Å². The first-order valence-corrected chi connectivity index (χ1v) is 8.07. The molecule has 2 rings (SSSR count). The Morgan fingerprint density at radius 2 is 2.05 bits per heavy atom. The largest absolute Gasteiger partial charge is 0.478 e. The quantitative estimate of drug-likeness (QED) is 0.760. The number of hydrogen-bond donors (Lipinski definition) is 3. The molecular weight excluding hydrogens is 362 g/mol. The van der Waals surface area contributed by atoms with E-state index in [9.17, 15) is 13.2 Å². The van der Waals surface area contributed by atoms with E-state index >= 15 is 0 Å². The molecule has 0 bridgehead atoms. The number of nitrogens with zero attached hydrogens (tertiary/aromatic N) is 1. The van der Waals surface area contributed by atoms with Crippen molar-refractivity contribution < 1.29 is 18.3 Å². The number of anilines is 1. The number of halogens is 1. The lowest BCUT2D eigenvalue weighted by Crippen LogP contribution is -2.15. The summed E-state index contributed by atoms with van der Waals surface area (Å²) in [5.41, 5.74) is 1.44. The molecule has 0 saturated carbocycles. The Bertz CT molecular complexity index is 814. The summed E-state index contributed by atoms with van der Waals surface area (Å²) < 4.78 is 27.2. The van der Waals surface area contributed by atoms with E-state index < -0.39 is 16.0 Å². The average Bonchev–Trinajstić information content (AvgIpc) is 2.69. The van der Waals surface area contributed by atoms with Crippen LogP contribution in [0.2, 0.25) is 0 Å². The van der Waals surface area contributed by atoms with E-state index in [1.807, 2.05) is 0 Å². The van der Waals surface area contributed by atoms with Crippen molar-refractivity contribution in [2.45, 2.75) is 18.7 Å². The second-order valence-electron chi connectivity index (χ2n) is 4.38. The first-order valence-electron chi connectivity index (χ1n) is 5.79. The zero-order chi connectivity index (χ0) is 15.8. The van der Waals surface area contributed by atoms with Gasteiger partial charge in [-0.2, -0.15) is 5.10 Å². The fraction of sp³-hybridized carbons (Fsp3) is 0.167. The standard InChI is InChI=1S/C12H12BrN3O4S/c1-6-7(2)14-15-11(6)16-21(19,20)10-4-3-8(12(17)18)5-9(10)13/h3-5H,1-2H3,(H,17,18)(H2,14,15,16). The molecule has 0 fully saturated rings. The Labute approximate surface area is 129 Å². The number of aryl methyl sites for hydroxylation is 1. The summed E-state index contributed by atoms with van der Waals surface area (Å²) in [6, 6.07) is 3.69. The van der Waals surface area contributed by atoms with Crippen LogP contribution >= 0.6 is 15.9 Å². The van der Waals surface area contributed by atoms with Gasteiger partial charge in [0.05, 0.1) is 5.56 Å². The molecule has 21 heavy (non-hydrogen) atoms. The molecule has 0 spiro atoms. The minimum Gasteiger partial charge on any atom is -0.478 e. The van der Waals surface area contributed by atoms with Crippen LogP contribution in [0.1, 0.15) is 21.6 Å². The Balaban J connectivity index is 2.40. The van der Waals surface area contributed by atoms with Gasteiger partial charge in [-0.1, -0.05) is 0 Å². The van der Waals surface area contributed by atoms with Gasteiger partial charge in [-0.3, -0.25) is 9.82 Å². The fourth-order valence-electron chi connectivity index (χ4n) is 1.62. The monoisotopic (exact) mass is 373 g/mol. The highest BCUT2D eigenvalue weighted by molar-refractivity contribution is 9.10. The molecule has 0 saturated heterocycles. The summed E-state index contributed by atoms with van der Waals surface area (Å²) in [5, 5.41) is 15.4. The van der Waals surface area contributed by atoms with Gasteiger partial charge < -0.3 is 5.11 Å². The Morgan fingerprint density at radius 1 is 1.38 bits per heavy atom. The van der Waals surface area contributed by atoms with Gasteiger partial charge in [0, 0.05) is 15.7 Å². The normalized spacial score (nSPS) is 11.4. The minimum absolute atomic E-state index is 0.00683. The van der Waals surface area contributed by atoms with E-state index in [1.165, 1.54) is 18.2 Å². The summed E-state index contributed by atoms with van der Waals surface area (Å²) in [6.45, 7) is 3.51. The molecule has 9 heteroatoms. The lowest BCUT2D eigenvalue weighted by Gasteiger charge is -2.09. The molecule has 0 aliphatic heterocycles. The number of carbonyl (C=O) groups is 1. The van der Waals surface area contributed by atoms with E-state index in [4.69, 9.17) is 5.11 Å². The Morgan fingerprint density at radius 3 is 2.52 bits per heavy atom. The van der Waals surface area contributed by atoms with Crippen LogP contribution in [0.5, 0.6) is 0 Å². The summed E-state index contributed by atoms with van der Waals surface area (Å²) in [7, 11) is -3.87. The van der Waals surface area contributed by atoms with Crippen LogP contribution in [-0.2, 0) is 10.0 Å². The SMILES string of the molecule is Cc1[nH]nc(NS(=O)(=O)c2ccc(C(=O)O)cc2Br)c1C. The zero-order valence-electron chi connectivity index (χ0n) is 11.1. The number of sulfonamides is 1. The van der Waals surface area contributed by atoms with Gasteiger partial charge in [0.15, 0.2) is 5.82 Å². The van der Waals surface area contributed by atoms with Crippen molar-refractivity contribution >= 4 is 37.7 Å². The third-order valence-corrected chi connectivity index (χ3v) is 5.27. The van der Waals surface area contributed by atoms with Crippen LogP contribution in [0.25, 0.3) is 0 Å². The number of benzene rings is 1. The molecule has 0 radical (unpaired) electrons. The predicted molar refractivity (Wildman–Crippen MR) is 80.0 cm³/mol. The third kappa shape index (κ3) is 3.08. The first kappa shape index (κ1) is 15.5. The number of carboxylic acids is 1. The maximum atomic E-state index is 12.3. The molecule has 112 valence electrons. The van der Waals surface area contributed by atoms with Crippen LogP contribution in [-0.4, -0.2) is 29.7 Å². The molecule has 0 aliphatic carbocycles. The number of aromatic carboxylic acids is 1. The highest BCUT2D eigenvalue weighted by atomic mass is 79.9. The smallest absolute Gasteiger partial charge is 0.335 e. The number of aromatic nitrogens is 2. The third-order valence-electron chi connectivity index (χ3n) is 2.95. The lowest BCUT2D eigenvalue weighted by atomic mass is 10.2. The summed E-state index contributed by atoms with van der Waals surface area (Å²) in [5.74, 6) is -0.923. The van der Waals surface area contributed by atoms with Crippen molar-refractivity contribution in [1.29, 1.82) is 0 Å². The summed E-state index contributed by atoms with van der Waals surface area (Å²) in [6.07, 6.45) is 0. The summed E-state index contributed by atoms with van der Waals surface area (Å²) >= 11 is 3.08. The first-order chi connectivity index (χ1) is 9.72. The number of H-pyrrole nitrogens is 1. The van der Waals surface area contributed by atoms with Crippen LogP contribution in [0.3, 0.4) is 0 Å². The Hall–Kier alpha value is -1.87. The van der Waals surface area contributed by atoms with Gasteiger partial charge in [0.1, 0.15) is 4.90 Å². The van der Waals surface area contributed by atoms with Gasteiger partial charge in [-0.25, -0.2) is 13.2 Å². The molecule has 1 heterocycles. The molecule has 7 nitrogen and oxygen atoms in total. The molecule has 0 atom stereocenters. The van der Waals surface area contributed by atoms with Crippen LogP contribution in [0.4, 0.5) is 5.82 Å². The maximum absolute atomic E-state index is 12.3. The second kappa shape index (κ2) is 5.49. The second-order valence-corrected chi connectivity index (χ2v) is 6.88. The molecular formula is C12H12BrN3O4S. The van der Waals surface area contributed by atoms with Crippen molar-refractivity contribution in [3.63, 3.8) is 0 Å². The molecule has 1 aromatic carbocycles. The van der Waals surface area contributed by atoms with Gasteiger partial charge in [0.25, 0.3) is 10.0 Å². The van der Waals surface area contributed by atoms with Crippen molar-refractivity contribution in [2.75, 3.05) is 4.72 Å². The van der Waals surface area contributed by atoms with Gasteiger partial charge in [0.2, 0.25) is 0 Å². The molecule has 0 unspecified atom stereocenters. The number of carboxylic acid groups (broad SMARTS) is 1. The highest BCUT2D eigenvalue weighted by Gasteiger charge is 2.21.